The van der Waals surface area contributed by atoms with Crippen LogP contribution in [0.15, 0.2) is 4.99 Å². The highest BCUT2D eigenvalue weighted by Gasteiger charge is 1.98. The van der Waals surface area contributed by atoms with Crippen LogP contribution in [0.3, 0.4) is 0 Å². The van der Waals surface area contributed by atoms with E-state index < -0.39 is 0 Å². The summed E-state index contributed by atoms with van der Waals surface area (Å²) in [7, 11) is 0. The Hall–Kier alpha value is -0.0200. The molecule has 0 spiro atoms. The molecule has 1 rings (SSSR count). The van der Waals surface area contributed by atoms with Gasteiger partial charge in [-0.25, -0.2) is 0 Å². The Bertz CT molecular complexity index is 81.8. The predicted molar refractivity (Wildman–Crippen MR) is 33.9 cm³/mol. The summed E-state index contributed by atoms with van der Waals surface area (Å²) < 4.78 is 0. The van der Waals surface area contributed by atoms with Crippen molar-refractivity contribution in [3.05, 3.63) is 0 Å². The van der Waals surface area contributed by atoms with Crippen molar-refractivity contribution in [1.29, 1.82) is 0 Å². The van der Waals surface area contributed by atoms with Gasteiger partial charge in [0.05, 0.1) is 0 Å². The van der Waals surface area contributed by atoms with E-state index in [1.54, 1.807) is 0 Å². The summed E-state index contributed by atoms with van der Waals surface area (Å²) in [6.07, 6.45) is 2.94. The van der Waals surface area contributed by atoms with Crippen molar-refractivity contribution in [2.75, 3.05) is 6.54 Å². The first-order valence-electron chi connectivity index (χ1n) is 2.33. The molecule has 0 aliphatic carbocycles. The normalized spacial score (nSPS) is 30.7. The molecule has 1 unspecified atom stereocenters. The second-order valence-electron chi connectivity index (χ2n) is 1.45. The molecule has 0 bridgehead atoms. The quantitative estimate of drug-likeness (QED) is 0.436. The number of thiol groups is 1. The van der Waals surface area contributed by atoms with Crippen molar-refractivity contribution in [3.8, 4) is 0 Å². The van der Waals surface area contributed by atoms with Gasteiger partial charge in [-0.05, 0) is 6.42 Å². The Morgan fingerprint density at radius 1 is 1.86 bits per heavy atom. The lowest BCUT2D eigenvalue weighted by Gasteiger charge is -2.10. The molecule has 7 heavy (non-hydrogen) atoms. The zero-order valence-electron chi connectivity index (χ0n) is 3.96. The summed E-state index contributed by atoms with van der Waals surface area (Å²) in [5.41, 5.74) is 0.0498. The van der Waals surface area contributed by atoms with Crippen LogP contribution in [0.2, 0.25) is 0 Å². The summed E-state index contributed by atoms with van der Waals surface area (Å²) >= 11 is 4.05. The third-order valence-electron chi connectivity index (χ3n) is 0.847. The highest BCUT2D eigenvalue weighted by Crippen LogP contribution is 1.94. The number of hydrogen-bond donors (Lipinski definition) is 2. The van der Waals surface area contributed by atoms with E-state index in [0.29, 0.717) is 0 Å². The number of hydrogen-bond acceptors (Lipinski definition) is 3. The van der Waals surface area contributed by atoms with Gasteiger partial charge in [0, 0.05) is 12.8 Å². The van der Waals surface area contributed by atoms with Gasteiger partial charge in [-0.15, -0.1) is 12.6 Å². The van der Waals surface area contributed by atoms with Crippen LogP contribution in [0, 0.1) is 0 Å². The number of nitrogens with zero attached hydrogens (tertiary/aromatic N) is 1. The lowest BCUT2D eigenvalue weighted by molar-refractivity contribution is 0.663. The predicted octanol–water partition coefficient (Wildman–Crippen LogP) is 0.264. The van der Waals surface area contributed by atoms with Crippen molar-refractivity contribution in [1.82, 2.24) is 5.32 Å². The first kappa shape index (κ1) is 5.12. The Kier molecular flexibility index (Phi) is 1.70. The van der Waals surface area contributed by atoms with E-state index in [-0.39, 0.29) is 5.50 Å². The number of nitrogens with one attached hydrogen (secondary N) is 1. The summed E-state index contributed by atoms with van der Waals surface area (Å²) in [4.78, 5) is 3.96. The summed E-state index contributed by atoms with van der Waals surface area (Å²) in [5.74, 6) is 0. The van der Waals surface area contributed by atoms with Gasteiger partial charge in [0.25, 0.3) is 0 Å². The lowest BCUT2D eigenvalue weighted by atomic mass is 10.4. The highest BCUT2D eigenvalue weighted by molar-refractivity contribution is 7.80. The average Bonchev–Trinajstić information content (AvgIpc) is 1.69. The minimum atomic E-state index is 0.0498. The molecule has 1 N–H and O–H groups in total. The van der Waals surface area contributed by atoms with Crippen LogP contribution in [0.25, 0.3) is 0 Å². The largest absolute Gasteiger partial charge is 0.287 e. The molecule has 0 amide bonds. The van der Waals surface area contributed by atoms with Gasteiger partial charge in [-0.1, -0.05) is 0 Å². The Balaban J connectivity index is 2.36. The van der Waals surface area contributed by atoms with Gasteiger partial charge >= 0.3 is 0 Å². The van der Waals surface area contributed by atoms with Crippen LogP contribution in [0.4, 0.5) is 0 Å². The van der Waals surface area contributed by atoms with E-state index in [4.69, 9.17) is 0 Å². The van der Waals surface area contributed by atoms with Crippen LogP contribution in [-0.4, -0.2) is 18.3 Å². The van der Waals surface area contributed by atoms with Crippen LogP contribution < -0.4 is 5.32 Å². The fourth-order valence-electron chi connectivity index (χ4n) is 0.504. The van der Waals surface area contributed by atoms with Crippen molar-refractivity contribution >= 4 is 18.8 Å². The maximum Gasteiger partial charge on any atom is 0.143 e. The van der Waals surface area contributed by atoms with Crippen molar-refractivity contribution in [2.45, 2.75) is 11.9 Å². The fourth-order valence-corrected chi connectivity index (χ4v) is 0.727. The molecular weight excluding hydrogens is 108 g/mol. The minimum Gasteiger partial charge on any atom is -0.287 e. The van der Waals surface area contributed by atoms with Crippen LogP contribution in [-0.2, 0) is 0 Å². The summed E-state index contributed by atoms with van der Waals surface area (Å²) in [6, 6.07) is 0. The Morgan fingerprint density at radius 3 is 3.00 bits per heavy atom. The smallest absolute Gasteiger partial charge is 0.143 e. The van der Waals surface area contributed by atoms with E-state index in [9.17, 15) is 0 Å². The molecule has 0 saturated carbocycles. The van der Waals surface area contributed by atoms with E-state index in [1.165, 1.54) is 0 Å². The third-order valence-corrected chi connectivity index (χ3v) is 1.16. The van der Waals surface area contributed by atoms with Crippen molar-refractivity contribution in [2.24, 2.45) is 4.99 Å². The molecule has 0 radical (unpaired) electrons. The number of aliphatic imine (C=N–C) groups is 1. The molecule has 0 aromatic heterocycles. The number of rotatable bonds is 0. The summed E-state index contributed by atoms with van der Waals surface area (Å²) in [6.45, 7) is 1.01. The van der Waals surface area contributed by atoms with Gasteiger partial charge in [-0.2, -0.15) is 0 Å². The molecule has 3 heteroatoms. The molecule has 0 aromatic rings. The van der Waals surface area contributed by atoms with E-state index in [0.717, 1.165) is 13.0 Å². The SMILES string of the molecule is SC1N=CCCN1. The molecule has 1 heterocycles. The zero-order chi connectivity index (χ0) is 5.11. The zero-order valence-corrected chi connectivity index (χ0v) is 4.86. The molecule has 40 valence electrons. The highest BCUT2D eigenvalue weighted by atomic mass is 32.1. The van der Waals surface area contributed by atoms with Gasteiger partial charge in [0.2, 0.25) is 0 Å². The maximum absolute atomic E-state index is 4.05. The second kappa shape index (κ2) is 2.33. The Labute approximate surface area is 48.4 Å². The first-order valence-corrected chi connectivity index (χ1v) is 2.84. The molecule has 0 saturated heterocycles. The van der Waals surface area contributed by atoms with E-state index in [2.05, 4.69) is 22.9 Å². The molecule has 0 fully saturated rings. The molecule has 1 atom stereocenters. The van der Waals surface area contributed by atoms with Gasteiger partial charge < -0.3 is 0 Å². The fraction of sp³-hybridized carbons (Fsp3) is 0.750. The standard InChI is InChI=1S/C4H8N2S/c7-4-5-2-1-3-6-4/h2,4,6-7H,1,3H2. The topological polar surface area (TPSA) is 24.4 Å². The van der Waals surface area contributed by atoms with Gasteiger partial charge in [0.15, 0.2) is 0 Å². The monoisotopic (exact) mass is 116 g/mol. The van der Waals surface area contributed by atoms with Gasteiger partial charge in [-0.3, -0.25) is 10.3 Å². The van der Waals surface area contributed by atoms with Crippen LogP contribution >= 0.6 is 12.6 Å². The average molecular weight is 116 g/mol. The molecular formula is C4H8N2S. The third kappa shape index (κ3) is 1.49. The molecule has 1 aliphatic heterocycles. The van der Waals surface area contributed by atoms with Crippen LogP contribution in [0.5, 0.6) is 0 Å². The molecule has 2 nitrogen and oxygen atoms in total. The van der Waals surface area contributed by atoms with E-state index in [1.807, 2.05) is 6.21 Å². The maximum atomic E-state index is 4.05. The van der Waals surface area contributed by atoms with Crippen molar-refractivity contribution in [3.63, 3.8) is 0 Å². The Morgan fingerprint density at radius 2 is 2.71 bits per heavy atom. The lowest BCUT2D eigenvalue weighted by Crippen LogP contribution is -2.26. The second-order valence-corrected chi connectivity index (χ2v) is 1.94. The first-order chi connectivity index (χ1) is 3.39. The van der Waals surface area contributed by atoms with Gasteiger partial charge in [0.1, 0.15) is 5.50 Å². The van der Waals surface area contributed by atoms with Crippen molar-refractivity contribution < 1.29 is 0 Å². The van der Waals surface area contributed by atoms with Crippen LogP contribution in [0.1, 0.15) is 6.42 Å². The summed E-state index contributed by atoms with van der Waals surface area (Å²) in [5, 5.41) is 3.05. The molecule has 0 aromatic carbocycles. The minimum absolute atomic E-state index is 0.0498. The molecule has 1 aliphatic rings. The van der Waals surface area contributed by atoms with E-state index >= 15 is 0 Å².